The monoisotopic (exact) mass is 313 g/mol. The summed E-state index contributed by atoms with van der Waals surface area (Å²) in [5, 5.41) is 3.43. The van der Waals surface area contributed by atoms with Crippen LogP contribution < -0.4 is 10.1 Å². The molecule has 0 radical (unpaired) electrons. The van der Waals surface area contributed by atoms with Gasteiger partial charge in [0.05, 0.1) is 6.61 Å². The first-order valence-corrected chi connectivity index (χ1v) is 7.64. The van der Waals surface area contributed by atoms with Crippen molar-refractivity contribution in [3.8, 4) is 5.75 Å². The molecule has 18 heavy (non-hydrogen) atoms. The van der Waals surface area contributed by atoms with Crippen molar-refractivity contribution >= 4 is 15.9 Å². The number of rotatable bonds is 8. The van der Waals surface area contributed by atoms with E-state index in [0.29, 0.717) is 6.04 Å². The van der Waals surface area contributed by atoms with Crippen LogP contribution in [0.4, 0.5) is 0 Å². The SMILES string of the molecule is CCCCCOc1cc(Br)ccc1C(C)NCC. The summed E-state index contributed by atoms with van der Waals surface area (Å²) < 4.78 is 6.99. The highest BCUT2D eigenvalue weighted by molar-refractivity contribution is 9.10. The molecular formula is C15H24BrNO. The van der Waals surface area contributed by atoms with Crippen LogP contribution in [-0.4, -0.2) is 13.2 Å². The molecule has 0 aliphatic heterocycles. The van der Waals surface area contributed by atoms with Crippen molar-refractivity contribution < 1.29 is 4.74 Å². The van der Waals surface area contributed by atoms with E-state index in [2.05, 4.69) is 60.2 Å². The summed E-state index contributed by atoms with van der Waals surface area (Å²) in [5.41, 5.74) is 1.23. The van der Waals surface area contributed by atoms with Crippen molar-refractivity contribution in [3.63, 3.8) is 0 Å². The van der Waals surface area contributed by atoms with Crippen molar-refractivity contribution in [2.75, 3.05) is 13.2 Å². The molecule has 1 N–H and O–H groups in total. The summed E-state index contributed by atoms with van der Waals surface area (Å²) in [6.07, 6.45) is 3.58. The van der Waals surface area contributed by atoms with Crippen LogP contribution in [0.5, 0.6) is 5.75 Å². The second-order valence-corrected chi connectivity index (χ2v) is 5.43. The lowest BCUT2D eigenvalue weighted by Crippen LogP contribution is -2.18. The Morgan fingerprint density at radius 3 is 2.72 bits per heavy atom. The van der Waals surface area contributed by atoms with Gasteiger partial charge in [0.15, 0.2) is 0 Å². The third kappa shape index (κ3) is 4.99. The number of nitrogens with one attached hydrogen (secondary N) is 1. The lowest BCUT2D eigenvalue weighted by Gasteiger charge is -2.18. The van der Waals surface area contributed by atoms with E-state index in [1.165, 1.54) is 18.4 Å². The average molecular weight is 314 g/mol. The third-order valence-corrected chi connectivity index (χ3v) is 3.45. The van der Waals surface area contributed by atoms with Crippen LogP contribution in [-0.2, 0) is 0 Å². The molecule has 2 nitrogen and oxygen atoms in total. The van der Waals surface area contributed by atoms with Crippen LogP contribution in [0.25, 0.3) is 0 Å². The van der Waals surface area contributed by atoms with Gasteiger partial charge in [-0.3, -0.25) is 0 Å². The Hall–Kier alpha value is -0.540. The van der Waals surface area contributed by atoms with E-state index in [9.17, 15) is 0 Å². The maximum Gasteiger partial charge on any atom is 0.125 e. The van der Waals surface area contributed by atoms with E-state index in [0.717, 1.165) is 29.8 Å². The van der Waals surface area contributed by atoms with E-state index >= 15 is 0 Å². The molecule has 0 heterocycles. The second kappa shape index (κ2) is 8.54. The molecule has 0 bridgehead atoms. The first-order chi connectivity index (χ1) is 8.69. The van der Waals surface area contributed by atoms with Gasteiger partial charge in [-0.05, 0) is 32.0 Å². The van der Waals surface area contributed by atoms with Crippen molar-refractivity contribution in [1.29, 1.82) is 0 Å². The van der Waals surface area contributed by atoms with E-state index < -0.39 is 0 Å². The minimum Gasteiger partial charge on any atom is -0.493 e. The van der Waals surface area contributed by atoms with E-state index in [1.54, 1.807) is 0 Å². The number of hydrogen-bond acceptors (Lipinski definition) is 2. The van der Waals surface area contributed by atoms with Gasteiger partial charge in [0, 0.05) is 16.1 Å². The van der Waals surface area contributed by atoms with Crippen molar-refractivity contribution in [2.24, 2.45) is 0 Å². The van der Waals surface area contributed by atoms with Crippen molar-refractivity contribution in [3.05, 3.63) is 28.2 Å². The van der Waals surface area contributed by atoms with Gasteiger partial charge in [-0.2, -0.15) is 0 Å². The fraction of sp³-hybridized carbons (Fsp3) is 0.600. The van der Waals surface area contributed by atoms with Gasteiger partial charge in [-0.25, -0.2) is 0 Å². The Kier molecular flexibility index (Phi) is 7.36. The zero-order chi connectivity index (χ0) is 13.4. The Morgan fingerprint density at radius 1 is 1.28 bits per heavy atom. The molecule has 0 saturated carbocycles. The molecular weight excluding hydrogens is 290 g/mol. The van der Waals surface area contributed by atoms with Gasteiger partial charge in [0.2, 0.25) is 0 Å². The molecule has 0 fully saturated rings. The largest absolute Gasteiger partial charge is 0.493 e. The zero-order valence-corrected chi connectivity index (χ0v) is 13.2. The van der Waals surface area contributed by atoms with Crippen LogP contribution in [0.2, 0.25) is 0 Å². The van der Waals surface area contributed by atoms with E-state index in [1.807, 2.05) is 0 Å². The molecule has 1 unspecified atom stereocenters. The minimum absolute atomic E-state index is 0.323. The fourth-order valence-corrected chi connectivity index (χ4v) is 2.28. The smallest absolute Gasteiger partial charge is 0.125 e. The summed E-state index contributed by atoms with van der Waals surface area (Å²) in [6, 6.07) is 6.59. The van der Waals surface area contributed by atoms with E-state index in [-0.39, 0.29) is 0 Å². The van der Waals surface area contributed by atoms with Crippen LogP contribution in [0, 0.1) is 0 Å². The molecule has 0 aromatic heterocycles. The summed E-state index contributed by atoms with van der Waals surface area (Å²) >= 11 is 3.51. The second-order valence-electron chi connectivity index (χ2n) is 4.52. The van der Waals surface area contributed by atoms with Crippen LogP contribution >= 0.6 is 15.9 Å². The molecule has 1 aromatic rings. The molecule has 0 saturated heterocycles. The number of hydrogen-bond donors (Lipinski definition) is 1. The molecule has 0 aliphatic rings. The molecule has 102 valence electrons. The highest BCUT2D eigenvalue weighted by atomic mass is 79.9. The predicted octanol–water partition coefficient (Wildman–Crippen LogP) is 4.69. The first kappa shape index (κ1) is 15.5. The molecule has 0 amide bonds. The number of benzene rings is 1. The van der Waals surface area contributed by atoms with Gasteiger partial charge >= 0.3 is 0 Å². The van der Waals surface area contributed by atoms with Crippen molar-refractivity contribution in [1.82, 2.24) is 5.32 Å². The number of halogens is 1. The molecule has 3 heteroatoms. The molecule has 1 aromatic carbocycles. The normalized spacial score (nSPS) is 12.4. The van der Waals surface area contributed by atoms with E-state index in [4.69, 9.17) is 4.74 Å². The van der Waals surface area contributed by atoms with Gasteiger partial charge < -0.3 is 10.1 Å². The van der Waals surface area contributed by atoms with Crippen LogP contribution in [0.1, 0.15) is 51.6 Å². The Balaban J connectivity index is 2.70. The van der Waals surface area contributed by atoms with Gasteiger partial charge in [-0.15, -0.1) is 0 Å². The highest BCUT2D eigenvalue weighted by Gasteiger charge is 2.11. The lowest BCUT2D eigenvalue weighted by atomic mass is 10.1. The summed E-state index contributed by atoms with van der Waals surface area (Å²) in [7, 11) is 0. The summed E-state index contributed by atoms with van der Waals surface area (Å²) in [4.78, 5) is 0. The Bertz CT molecular complexity index is 354. The van der Waals surface area contributed by atoms with Gasteiger partial charge in [0.25, 0.3) is 0 Å². The predicted molar refractivity (Wildman–Crippen MR) is 81.3 cm³/mol. The van der Waals surface area contributed by atoms with Crippen molar-refractivity contribution in [2.45, 2.75) is 46.1 Å². The van der Waals surface area contributed by atoms with Crippen LogP contribution in [0.15, 0.2) is 22.7 Å². The maximum atomic E-state index is 5.92. The Labute approximate surface area is 119 Å². The molecule has 1 rings (SSSR count). The van der Waals surface area contributed by atoms with Crippen LogP contribution in [0.3, 0.4) is 0 Å². The quantitative estimate of drug-likeness (QED) is 0.703. The zero-order valence-electron chi connectivity index (χ0n) is 11.6. The fourth-order valence-electron chi connectivity index (χ4n) is 1.94. The summed E-state index contributed by atoms with van der Waals surface area (Å²) in [5.74, 6) is 0.994. The van der Waals surface area contributed by atoms with Gasteiger partial charge in [0.1, 0.15) is 5.75 Å². The molecule has 0 aliphatic carbocycles. The average Bonchev–Trinajstić information content (AvgIpc) is 2.35. The Morgan fingerprint density at radius 2 is 2.06 bits per heavy atom. The topological polar surface area (TPSA) is 21.3 Å². The van der Waals surface area contributed by atoms with Gasteiger partial charge in [-0.1, -0.05) is 48.7 Å². The lowest BCUT2D eigenvalue weighted by molar-refractivity contribution is 0.300. The number of unbranched alkanes of at least 4 members (excludes halogenated alkanes) is 2. The highest BCUT2D eigenvalue weighted by Crippen LogP contribution is 2.28. The minimum atomic E-state index is 0.323. The third-order valence-electron chi connectivity index (χ3n) is 2.96. The first-order valence-electron chi connectivity index (χ1n) is 6.84. The standard InChI is InChI=1S/C15H24BrNO/c1-4-6-7-10-18-15-11-13(16)8-9-14(15)12(3)17-5-2/h8-9,11-12,17H,4-7,10H2,1-3H3. The molecule has 1 atom stereocenters. The maximum absolute atomic E-state index is 5.92. The summed E-state index contributed by atoms with van der Waals surface area (Å²) in [6.45, 7) is 8.27. The number of ether oxygens (including phenoxy) is 1. The molecule has 0 spiro atoms.